The van der Waals surface area contributed by atoms with E-state index >= 15 is 0 Å². The van der Waals surface area contributed by atoms with Gasteiger partial charge in [0.25, 0.3) is 0 Å². The second-order valence-corrected chi connectivity index (χ2v) is 6.59. The molecule has 0 aliphatic heterocycles. The second-order valence-electron chi connectivity index (χ2n) is 5.46. The smallest absolute Gasteiger partial charge is 0.396 e. The van der Waals surface area contributed by atoms with Gasteiger partial charge in [-0.25, -0.2) is 0 Å². The van der Waals surface area contributed by atoms with Crippen LogP contribution in [0.3, 0.4) is 0 Å². The summed E-state index contributed by atoms with van der Waals surface area (Å²) in [4.78, 5) is 0.211. The van der Waals surface area contributed by atoms with Crippen LogP contribution in [0.5, 0.6) is 0 Å². The molecule has 0 heterocycles. The molecular formula is C15H20F3NOS. The molecule has 2 unspecified atom stereocenters. The third-order valence-corrected chi connectivity index (χ3v) is 4.68. The number of hydrogen-bond acceptors (Lipinski definition) is 3. The number of alkyl halides is 3. The third-order valence-electron chi connectivity index (χ3n) is 3.94. The summed E-state index contributed by atoms with van der Waals surface area (Å²) >= 11 is -0.0912. The minimum Gasteiger partial charge on any atom is -0.396 e. The first kappa shape index (κ1) is 16.6. The highest BCUT2D eigenvalue weighted by molar-refractivity contribution is 8.00. The van der Waals surface area contributed by atoms with Gasteiger partial charge in [0.2, 0.25) is 0 Å². The molecule has 2 atom stereocenters. The van der Waals surface area contributed by atoms with E-state index < -0.39 is 5.51 Å². The van der Waals surface area contributed by atoms with Gasteiger partial charge < -0.3 is 10.4 Å². The summed E-state index contributed by atoms with van der Waals surface area (Å²) in [5.41, 5.74) is -3.26. The zero-order valence-electron chi connectivity index (χ0n) is 11.7. The standard InChI is InChI=1S/C15H20F3NOS/c16-15(17,18)21-14-6-4-11(5-7-14)8-19-9-12-2-1-3-13(12)10-20/h4-7,12-13,19-20H,1-3,8-10H2. The average molecular weight is 319 g/mol. The molecule has 118 valence electrons. The van der Waals surface area contributed by atoms with E-state index in [-0.39, 0.29) is 23.3 Å². The SMILES string of the molecule is OCC1CCCC1CNCc1ccc(SC(F)(F)F)cc1. The predicted octanol–water partition coefficient (Wildman–Crippen LogP) is 3.80. The lowest BCUT2D eigenvalue weighted by molar-refractivity contribution is -0.0328. The Labute approximate surface area is 127 Å². The van der Waals surface area contributed by atoms with Gasteiger partial charge in [0.05, 0.1) is 0 Å². The fraction of sp³-hybridized carbons (Fsp3) is 0.600. The van der Waals surface area contributed by atoms with Crippen LogP contribution in [0.15, 0.2) is 29.2 Å². The molecule has 0 spiro atoms. The molecule has 0 amide bonds. The first-order chi connectivity index (χ1) is 9.98. The van der Waals surface area contributed by atoms with E-state index in [4.69, 9.17) is 0 Å². The Morgan fingerprint density at radius 3 is 2.43 bits per heavy atom. The number of aliphatic hydroxyl groups excluding tert-OH is 1. The number of benzene rings is 1. The Morgan fingerprint density at radius 1 is 1.14 bits per heavy atom. The Kier molecular flexibility index (Phi) is 5.96. The molecule has 6 heteroatoms. The van der Waals surface area contributed by atoms with Crippen molar-refractivity contribution in [3.63, 3.8) is 0 Å². The number of nitrogens with one attached hydrogen (secondary N) is 1. The number of aliphatic hydroxyl groups is 1. The monoisotopic (exact) mass is 319 g/mol. The Balaban J connectivity index is 1.76. The van der Waals surface area contributed by atoms with E-state index in [0.717, 1.165) is 24.9 Å². The Bertz CT molecular complexity index is 436. The lowest BCUT2D eigenvalue weighted by atomic mass is 9.97. The summed E-state index contributed by atoms with van der Waals surface area (Å²) < 4.78 is 36.7. The highest BCUT2D eigenvalue weighted by atomic mass is 32.2. The topological polar surface area (TPSA) is 32.3 Å². The van der Waals surface area contributed by atoms with Gasteiger partial charge in [-0.3, -0.25) is 0 Å². The first-order valence-corrected chi connectivity index (χ1v) is 7.96. The van der Waals surface area contributed by atoms with Gasteiger partial charge in [0.1, 0.15) is 0 Å². The molecule has 2 nitrogen and oxygen atoms in total. The molecule has 1 aliphatic carbocycles. The molecule has 1 aliphatic rings. The normalized spacial score (nSPS) is 22.7. The van der Waals surface area contributed by atoms with Crippen LogP contribution in [-0.4, -0.2) is 23.8 Å². The predicted molar refractivity (Wildman–Crippen MR) is 78.0 cm³/mol. The van der Waals surface area contributed by atoms with Crippen molar-refractivity contribution in [2.75, 3.05) is 13.2 Å². The molecule has 1 aromatic carbocycles. The van der Waals surface area contributed by atoms with Crippen LogP contribution in [0.25, 0.3) is 0 Å². The minimum absolute atomic E-state index is 0.0912. The van der Waals surface area contributed by atoms with Gasteiger partial charge in [-0.15, -0.1) is 0 Å². The summed E-state index contributed by atoms with van der Waals surface area (Å²) in [6, 6.07) is 6.45. The first-order valence-electron chi connectivity index (χ1n) is 7.14. The summed E-state index contributed by atoms with van der Waals surface area (Å²) in [6.45, 7) is 1.74. The van der Waals surface area contributed by atoms with Crippen molar-refractivity contribution in [2.24, 2.45) is 11.8 Å². The molecular weight excluding hydrogens is 299 g/mol. The molecule has 1 saturated carbocycles. The summed E-state index contributed by atoms with van der Waals surface area (Å²) in [7, 11) is 0. The van der Waals surface area contributed by atoms with Crippen molar-refractivity contribution in [2.45, 2.75) is 36.2 Å². The molecule has 1 aromatic rings. The molecule has 2 rings (SSSR count). The zero-order chi connectivity index (χ0) is 15.3. The van der Waals surface area contributed by atoms with Crippen LogP contribution >= 0.6 is 11.8 Å². The van der Waals surface area contributed by atoms with E-state index in [9.17, 15) is 18.3 Å². The maximum Gasteiger partial charge on any atom is 0.446 e. The fourth-order valence-corrected chi connectivity index (χ4v) is 3.37. The fourth-order valence-electron chi connectivity index (χ4n) is 2.83. The maximum atomic E-state index is 12.2. The second kappa shape index (κ2) is 7.51. The van der Waals surface area contributed by atoms with E-state index in [1.54, 1.807) is 12.1 Å². The van der Waals surface area contributed by atoms with E-state index in [1.807, 2.05) is 0 Å². The van der Waals surface area contributed by atoms with Gasteiger partial charge >= 0.3 is 5.51 Å². The Morgan fingerprint density at radius 2 is 1.81 bits per heavy atom. The number of halogens is 3. The van der Waals surface area contributed by atoms with Crippen LogP contribution in [0, 0.1) is 11.8 Å². The molecule has 0 saturated heterocycles. The van der Waals surface area contributed by atoms with Crippen molar-refractivity contribution in [1.29, 1.82) is 0 Å². The summed E-state index contributed by atoms with van der Waals surface area (Å²) in [5, 5.41) is 12.6. The lowest BCUT2D eigenvalue weighted by Crippen LogP contribution is -2.26. The highest BCUT2D eigenvalue weighted by Crippen LogP contribution is 2.36. The maximum absolute atomic E-state index is 12.2. The molecule has 0 radical (unpaired) electrons. The average Bonchev–Trinajstić information content (AvgIpc) is 2.86. The third kappa shape index (κ3) is 5.52. The van der Waals surface area contributed by atoms with Crippen molar-refractivity contribution >= 4 is 11.8 Å². The van der Waals surface area contributed by atoms with E-state index in [1.165, 1.54) is 18.6 Å². The largest absolute Gasteiger partial charge is 0.446 e. The highest BCUT2D eigenvalue weighted by Gasteiger charge is 2.29. The minimum atomic E-state index is -4.23. The van der Waals surface area contributed by atoms with Gasteiger partial charge in [0, 0.05) is 18.0 Å². The van der Waals surface area contributed by atoms with Crippen LogP contribution in [0.4, 0.5) is 13.2 Å². The lowest BCUT2D eigenvalue weighted by Gasteiger charge is -2.17. The van der Waals surface area contributed by atoms with Gasteiger partial charge in [-0.05, 0) is 60.7 Å². The van der Waals surface area contributed by atoms with Gasteiger partial charge in [-0.1, -0.05) is 18.6 Å². The van der Waals surface area contributed by atoms with Crippen LogP contribution < -0.4 is 5.32 Å². The van der Waals surface area contributed by atoms with Crippen LogP contribution in [-0.2, 0) is 6.54 Å². The number of hydrogen-bond donors (Lipinski definition) is 2. The van der Waals surface area contributed by atoms with Crippen molar-refractivity contribution in [3.05, 3.63) is 29.8 Å². The quantitative estimate of drug-likeness (QED) is 0.782. The molecule has 1 fully saturated rings. The molecule has 0 bridgehead atoms. The molecule has 2 N–H and O–H groups in total. The van der Waals surface area contributed by atoms with Gasteiger partial charge in [-0.2, -0.15) is 13.2 Å². The van der Waals surface area contributed by atoms with Crippen LogP contribution in [0.2, 0.25) is 0 Å². The molecule has 21 heavy (non-hydrogen) atoms. The molecule has 0 aromatic heterocycles. The van der Waals surface area contributed by atoms with Gasteiger partial charge in [0.15, 0.2) is 0 Å². The van der Waals surface area contributed by atoms with Crippen LogP contribution in [0.1, 0.15) is 24.8 Å². The summed E-state index contributed by atoms with van der Waals surface area (Å²) in [6.07, 6.45) is 3.40. The van der Waals surface area contributed by atoms with E-state index in [2.05, 4.69) is 5.32 Å². The van der Waals surface area contributed by atoms with Crippen molar-refractivity contribution in [3.8, 4) is 0 Å². The number of rotatable bonds is 6. The summed E-state index contributed by atoms with van der Waals surface area (Å²) in [5.74, 6) is 0.901. The van der Waals surface area contributed by atoms with Crippen molar-refractivity contribution < 1.29 is 18.3 Å². The van der Waals surface area contributed by atoms with Crippen molar-refractivity contribution in [1.82, 2.24) is 5.32 Å². The van der Waals surface area contributed by atoms with E-state index in [0.29, 0.717) is 18.4 Å². The zero-order valence-corrected chi connectivity index (χ0v) is 12.5. The Hall–Kier alpha value is -0.720. The number of thioether (sulfide) groups is 1.